The number of sulfonamides is 1. The topological polar surface area (TPSA) is 92.5 Å². The van der Waals surface area contributed by atoms with Gasteiger partial charge < -0.3 is 10.6 Å². The number of nitrogens with one attached hydrogen (secondary N) is 1. The Morgan fingerprint density at radius 2 is 1.96 bits per heavy atom. The Kier molecular flexibility index (Phi) is 7.20. The van der Waals surface area contributed by atoms with Crippen LogP contribution in [0.25, 0.3) is 0 Å². The van der Waals surface area contributed by atoms with Gasteiger partial charge in [-0.3, -0.25) is 4.79 Å². The first-order valence-corrected chi connectivity index (χ1v) is 10.8. The average Bonchev–Trinajstić information content (AvgIpc) is 3.10. The van der Waals surface area contributed by atoms with E-state index < -0.39 is 10.0 Å². The zero-order chi connectivity index (χ0) is 19.3. The van der Waals surface area contributed by atoms with E-state index in [4.69, 9.17) is 5.73 Å². The van der Waals surface area contributed by atoms with Gasteiger partial charge in [0.1, 0.15) is 0 Å². The molecule has 1 unspecified atom stereocenters. The van der Waals surface area contributed by atoms with Crippen LogP contribution in [0.1, 0.15) is 56.3 Å². The monoisotopic (exact) mass is 381 g/mol. The number of benzene rings is 1. The summed E-state index contributed by atoms with van der Waals surface area (Å²) < 4.78 is 27.9. The van der Waals surface area contributed by atoms with Gasteiger partial charge in [-0.15, -0.1) is 0 Å². The van der Waals surface area contributed by atoms with E-state index in [2.05, 4.69) is 18.6 Å². The fourth-order valence-corrected chi connectivity index (χ4v) is 4.48. The van der Waals surface area contributed by atoms with Crippen LogP contribution in [-0.4, -0.2) is 44.9 Å². The molecule has 0 spiro atoms. The molecule has 1 aromatic carbocycles. The van der Waals surface area contributed by atoms with Crippen molar-refractivity contribution in [3.8, 4) is 0 Å². The molecule has 2 rings (SSSR count). The summed E-state index contributed by atoms with van der Waals surface area (Å²) in [6.45, 7) is 4.64. The number of nitrogens with two attached hydrogens (primary N) is 1. The summed E-state index contributed by atoms with van der Waals surface area (Å²) in [5.41, 5.74) is 6.41. The van der Waals surface area contributed by atoms with Gasteiger partial charge in [-0.2, -0.15) is 0 Å². The Morgan fingerprint density at radius 3 is 2.58 bits per heavy atom. The van der Waals surface area contributed by atoms with E-state index in [9.17, 15) is 13.2 Å². The molecule has 1 aliphatic rings. The second-order valence-corrected chi connectivity index (χ2v) is 9.27. The molecule has 3 N–H and O–H groups in total. The Labute approximate surface area is 157 Å². The van der Waals surface area contributed by atoms with Crippen LogP contribution in [0, 0.1) is 5.92 Å². The van der Waals surface area contributed by atoms with Crippen molar-refractivity contribution in [1.82, 2.24) is 9.62 Å². The molecular weight excluding hydrogens is 350 g/mol. The molecule has 0 heterocycles. The first-order chi connectivity index (χ1) is 12.2. The maximum atomic E-state index is 12.6. The van der Waals surface area contributed by atoms with E-state index >= 15 is 0 Å². The van der Waals surface area contributed by atoms with E-state index in [1.54, 1.807) is 24.1 Å². The van der Waals surface area contributed by atoms with Gasteiger partial charge in [0, 0.05) is 31.2 Å². The van der Waals surface area contributed by atoms with Crippen molar-refractivity contribution in [1.29, 1.82) is 0 Å². The maximum absolute atomic E-state index is 12.6. The summed E-state index contributed by atoms with van der Waals surface area (Å²) in [6, 6.07) is 6.29. The molecule has 1 fully saturated rings. The molecule has 1 aliphatic carbocycles. The minimum Gasteiger partial charge on any atom is -0.342 e. The van der Waals surface area contributed by atoms with E-state index in [1.807, 2.05) is 0 Å². The van der Waals surface area contributed by atoms with Gasteiger partial charge in [-0.05, 0) is 43.4 Å². The van der Waals surface area contributed by atoms with Crippen molar-refractivity contribution in [3.05, 3.63) is 29.8 Å². The minimum absolute atomic E-state index is 0.000414. The number of rotatable bonds is 8. The van der Waals surface area contributed by atoms with Crippen molar-refractivity contribution in [2.24, 2.45) is 11.7 Å². The van der Waals surface area contributed by atoms with Gasteiger partial charge in [0.15, 0.2) is 0 Å². The van der Waals surface area contributed by atoms with Crippen LogP contribution >= 0.6 is 0 Å². The van der Waals surface area contributed by atoms with Gasteiger partial charge in [-0.25, -0.2) is 13.1 Å². The molecule has 1 saturated carbocycles. The Balaban J connectivity index is 2.06. The highest BCUT2D eigenvalue weighted by atomic mass is 32.2. The molecule has 26 heavy (non-hydrogen) atoms. The molecule has 0 bridgehead atoms. The third-order valence-electron chi connectivity index (χ3n) is 5.07. The molecule has 6 nitrogen and oxygen atoms in total. The molecular formula is C19H31N3O3S. The lowest BCUT2D eigenvalue weighted by Gasteiger charge is -2.22. The third-order valence-corrected chi connectivity index (χ3v) is 6.59. The van der Waals surface area contributed by atoms with Gasteiger partial charge in [0.05, 0.1) is 4.90 Å². The van der Waals surface area contributed by atoms with Gasteiger partial charge in [-0.1, -0.05) is 32.8 Å². The molecule has 0 radical (unpaired) electrons. The first-order valence-electron chi connectivity index (χ1n) is 9.34. The quantitative estimate of drug-likeness (QED) is 0.723. The first kappa shape index (κ1) is 20.9. The van der Waals surface area contributed by atoms with E-state index in [1.165, 1.54) is 12.1 Å². The van der Waals surface area contributed by atoms with E-state index in [0.29, 0.717) is 24.4 Å². The highest BCUT2D eigenvalue weighted by Crippen LogP contribution is 2.21. The normalized spacial score (nSPS) is 16.8. The van der Waals surface area contributed by atoms with Crippen LogP contribution in [0.15, 0.2) is 29.2 Å². The summed E-state index contributed by atoms with van der Waals surface area (Å²) in [6.07, 6.45) is 4.55. The Hall–Kier alpha value is -1.44. The highest BCUT2D eigenvalue weighted by Gasteiger charge is 2.24. The lowest BCUT2D eigenvalue weighted by Crippen LogP contribution is -2.35. The summed E-state index contributed by atoms with van der Waals surface area (Å²) in [5, 5.41) is 0. The van der Waals surface area contributed by atoms with Crippen LogP contribution in [0.2, 0.25) is 0 Å². The van der Waals surface area contributed by atoms with Gasteiger partial charge in [0.25, 0.3) is 5.91 Å². The minimum atomic E-state index is -3.60. The number of nitrogens with zero attached hydrogens (tertiary/aromatic N) is 1. The predicted molar refractivity (Wildman–Crippen MR) is 103 cm³/mol. The van der Waals surface area contributed by atoms with Crippen LogP contribution in [0.4, 0.5) is 0 Å². The van der Waals surface area contributed by atoms with Crippen molar-refractivity contribution in [2.45, 2.75) is 62.9 Å². The smallest absolute Gasteiger partial charge is 0.253 e. The Bertz CT molecular complexity index is 712. The van der Waals surface area contributed by atoms with Crippen molar-refractivity contribution < 1.29 is 13.2 Å². The highest BCUT2D eigenvalue weighted by molar-refractivity contribution is 7.89. The van der Waals surface area contributed by atoms with Crippen molar-refractivity contribution >= 4 is 15.9 Å². The predicted octanol–water partition coefficient (Wildman–Crippen LogP) is 2.35. The fraction of sp³-hybridized carbons (Fsp3) is 0.632. The summed E-state index contributed by atoms with van der Waals surface area (Å²) in [4.78, 5) is 14.4. The molecule has 0 aliphatic heterocycles. The second kappa shape index (κ2) is 8.97. The molecule has 0 saturated heterocycles. The summed E-state index contributed by atoms with van der Waals surface area (Å²) in [5.74, 6) is 0.160. The van der Waals surface area contributed by atoms with E-state index in [-0.39, 0.29) is 22.9 Å². The van der Waals surface area contributed by atoms with Crippen LogP contribution in [0.3, 0.4) is 0 Å². The van der Waals surface area contributed by atoms with Crippen molar-refractivity contribution in [2.75, 3.05) is 13.6 Å². The summed E-state index contributed by atoms with van der Waals surface area (Å²) >= 11 is 0. The average molecular weight is 382 g/mol. The molecule has 1 amide bonds. The van der Waals surface area contributed by atoms with E-state index in [0.717, 1.165) is 25.7 Å². The molecule has 7 heteroatoms. The zero-order valence-electron chi connectivity index (χ0n) is 15.9. The fourth-order valence-electron chi connectivity index (χ4n) is 3.13. The van der Waals surface area contributed by atoms with Crippen LogP contribution < -0.4 is 10.5 Å². The molecule has 1 atom stereocenters. The van der Waals surface area contributed by atoms with Gasteiger partial charge in [0.2, 0.25) is 10.0 Å². The Morgan fingerprint density at radius 1 is 1.31 bits per heavy atom. The standard InChI is InChI=1S/C19H31N3O3S/c1-14(2)18(20)11-12-22(3)19(23)15-7-6-10-17(13-15)26(24,25)21-16-8-4-5-9-16/h6-7,10,13-14,16,18,21H,4-5,8-9,11-12,20H2,1-3H3. The maximum Gasteiger partial charge on any atom is 0.253 e. The largest absolute Gasteiger partial charge is 0.342 e. The molecule has 146 valence electrons. The summed E-state index contributed by atoms with van der Waals surface area (Å²) in [7, 11) is -1.89. The number of amides is 1. The molecule has 0 aromatic heterocycles. The number of hydrogen-bond acceptors (Lipinski definition) is 4. The lowest BCUT2D eigenvalue weighted by atomic mass is 10.0. The molecule has 1 aromatic rings. The van der Waals surface area contributed by atoms with Gasteiger partial charge >= 0.3 is 0 Å². The van der Waals surface area contributed by atoms with Crippen molar-refractivity contribution in [3.63, 3.8) is 0 Å². The van der Waals surface area contributed by atoms with Crippen LogP contribution in [0.5, 0.6) is 0 Å². The third kappa shape index (κ3) is 5.53. The zero-order valence-corrected chi connectivity index (χ0v) is 16.8. The number of carbonyl (C=O) groups excluding carboxylic acids is 1. The number of carbonyl (C=O) groups is 1. The number of hydrogen-bond donors (Lipinski definition) is 2. The van der Waals surface area contributed by atoms with Crippen LogP contribution in [-0.2, 0) is 10.0 Å². The SMILES string of the molecule is CC(C)C(N)CCN(C)C(=O)c1cccc(S(=O)(=O)NC2CCCC2)c1. The lowest BCUT2D eigenvalue weighted by molar-refractivity contribution is 0.0789. The second-order valence-electron chi connectivity index (χ2n) is 7.55.